The van der Waals surface area contributed by atoms with Crippen molar-refractivity contribution in [1.29, 1.82) is 0 Å². The number of carbonyl (C=O) groups is 1. The van der Waals surface area contributed by atoms with Crippen LogP contribution in [0.3, 0.4) is 0 Å². The van der Waals surface area contributed by atoms with Gasteiger partial charge in [0.25, 0.3) is 5.91 Å². The molecule has 2 aromatic carbocycles. The second kappa shape index (κ2) is 7.67. The molecule has 1 heterocycles. The molecule has 4 nitrogen and oxygen atoms in total. The molecule has 1 N–H and O–H groups in total. The molecule has 0 bridgehead atoms. The Morgan fingerprint density at radius 1 is 1.04 bits per heavy atom. The number of aromatic nitrogens is 2. The number of amides is 1. The molecule has 8 heteroatoms. The highest BCUT2D eigenvalue weighted by Crippen LogP contribution is 2.27. The quantitative estimate of drug-likeness (QED) is 0.586. The lowest BCUT2D eigenvalue weighted by molar-refractivity contribution is 0.102. The van der Waals surface area contributed by atoms with E-state index in [1.54, 1.807) is 41.2 Å². The van der Waals surface area contributed by atoms with Gasteiger partial charge in [0.15, 0.2) is 0 Å². The minimum absolute atomic E-state index is 0.280. The second-order valence-electron chi connectivity index (χ2n) is 5.17. The molecule has 0 saturated heterocycles. The average Bonchev–Trinajstić information content (AvgIpc) is 3.01. The van der Waals surface area contributed by atoms with Crippen molar-refractivity contribution in [3.05, 3.63) is 79.9 Å². The molecule has 3 aromatic rings. The molecule has 0 fully saturated rings. The van der Waals surface area contributed by atoms with E-state index in [4.69, 9.17) is 46.4 Å². The number of nitrogens with zero attached hydrogens (tertiary/aromatic N) is 2. The predicted octanol–water partition coefficient (Wildman–Crippen LogP) is 5.80. The van der Waals surface area contributed by atoms with Crippen molar-refractivity contribution in [2.24, 2.45) is 0 Å². The average molecular weight is 415 g/mol. The lowest BCUT2D eigenvalue weighted by Crippen LogP contribution is -2.16. The Labute approximate surface area is 164 Å². The largest absolute Gasteiger partial charge is 0.307 e. The number of carbonyl (C=O) groups excluding carboxylic acids is 1. The third kappa shape index (κ3) is 4.10. The Balaban J connectivity index is 1.83. The highest BCUT2D eigenvalue weighted by atomic mass is 35.5. The summed E-state index contributed by atoms with van der Waals surface area (Å²) < 4.78 is 1.61. The van der Waals surface area contributed by atoms with E-state index >= 15 is 0 Å². The molecular formula is C17H11Cl4N3O. The van der Waals surface area contributed by atoms with Gasteiger partial charge in [-0.2, -0.15) is 5.10 Å². The molecule has 0 aliphatic carbocycles. The highest BCUT2D eigenvalue weighted by Gasteiger charge is 2.14. The van der Waals surface area contributed by atoms with Crippen LogP contribution >= 0.6 is 46.4 Å². The number of nitrogens with one attached hydrogen (secondary N) is 1. The van der Waals surface area contributed by atoms with Crippen LogP contribution in [-0.4, -0.2) is 15.7 Å². The fraction of sp³-hybridized carbons (Fsp3) is 0.0588. The topological polar surface area (TPSA) is 46.9 Å². The summed E-state index contributed by atoms with van der Waals surface area (Å²) in [5, 5.41) is 8.63. The first-order valence-electron chi connectivity index (χ1n) is 7.17. The Kier molecular flexibility index (Phi) is 5.54. The maximum Gasteiger partial charge on any atom is 0.258 e. The lowest BCUT2D eigenvalue weighted by atomic mass is 10.2. The standard InChI is InChI=1S/C17H11Cl4N3O/c18-11-4-5-13(19)12(8-11)17(25)23-15-6-7-22-24(15)9-10-2-1-3-14(20)16(10)21/h1-8H,9H2,(H,23,25). The molecule has 1 aromatic heterocycles. The van der Waals surface area contributed by atoms with E-state index in [0.29, 0.717) is 32.5 Å². The van der Waals surface area contributed by atoms with E-state index in [9.17, 15) is 4.79 Å². The van der Waals surface area contributed by atoms with Gasteiger partial charge in [-0.05, 0) is 29.8 Å². The Morgan fingerprint density at radius 2 is 1.84 bits per heavy atom. The number of hydrogen-bond donors (Lipinski definition) is 1. The van der Waals surface area contributed by atoms with Crippen molar-refractivity contribution in [3.8, 4) is 0 Å². The summed E-state index contributed by atoms with van der Waals surface area (Å²) in [6.45, 7) is 0.352. The molecule has 0 atom stereocenters. The van der Waals surface area contributed by atoms with Crippen LogP contribution < -0.4 is 5.32 Å². The van der Waals surface area contributed by atoms with Gasteiger partial charge in [-0.1, -0.05) is 58.5 Å². The molecule has 0 aliphatic heterocycles. The van der Waals surface area contributed by atoms with Crippen molar-refractivity contribution in [2.75, 3.05) is 5.32 Å². The Morgan fingerprint density at radius 3 is 2.64 bits per heavy atom. The first-order chi connectivity index (χ1) is 12.0. The van der Waals surface area contributed by atoms with Crippen LogP contribution in [0, 0.1) is 0 Å². The van der Waals surface area contributed by atoms with Crippen LogP contribution in [-0.2, 0) is 6.54 Å². The van der Waals surface area contributed by atoms with E-state index in [1.807, 2.05) is 6.07 Å². The summed E-state index contributed by atoms with van der Waals surface area (Å²) in [6, 6.07) is 11.7. The number of hydrogen-bond acceptors (Lipinski definition) is 2. The molecule has 1 amide bonds. The van der Waals surface area contributed by atoms with Gasteiger partial charge >= 0.3 is 0 Å². The first-order valence-corrected chi connectivity index (χ1v) is 8.68. The minimum Gasteiger partial charge on any atom is -0.307 e. The van der Waals surface area contributed by atoms with E-state index in [1.165, 1.54) is 6.07 Å². The zero-order valence-corrected chi connectivity index (χ0v) is 15.7. The van der Waals surface area contributed by atoms with Crippen LogP contribution in [0.5, 0.6) is 0 Å². The van der Waals surface area contributed by atoms with Gasteiger partial charge < -0.3 is 5.32 Å². The molecule has 0 aliphatic rings. The van der Waals surface area contributed by atoms with Crippen LogP contribution in [0.1, 0.15) is 15.9 Å². The summed E-state index contributed by atoms with van der Waals surface area (Å²) in [6.07, 6.45) is 1.58. The van der Waals surface area contributed by atoms with Crippen molar-refractivity contribution in [3.63, 3.8) is 0 Å². The molecule has 0 unspecified atom stereocenters. The summed E-state index contributed by atoms with van der Waals surface area (Å²) in [7, 11) is 0. The molecule has 3 rings (SSSR count). The summed E-state index contributed by atoms with van der Waals surface area (Å²) in [5.74, 6) is 0.114. The third-order valence-electron chi connectivity index (χ3n) is 3.48. The summed E-state index contributed by atoms with van der Waals surface area (Å²) in [4.78, 5) is 12.5. The molecule has 0 saturated carbocycles. The van der Waals surface area contributed by atoms with Gasteiger partial charge in [0.2, 0.25) is 0 Å². The fourth-order valence-electron chi connectivity index (χ4n) is 2.25. The summed E-state index contributed by atoms with van der Waals surface area (Å²) in [5.41, 5.74) is 1.07. The number of halogens is 4. The van der Waals surface area contributed by atoms with E-state index in [0.717, 1.165) is 5.56 Å². The smallest absolute Gasteiger partial charge is 0.258 e. The molecular weight excluding hydrogens is 404 g/mol. The van der Waals surface area contributed by atoms with Gasteiger partial charge in [-0.3, -0.25) is 4.79 Å². The van der Waals surface area contributed by atoms with Crippen LogP contribution in [0.2, 0.25) is 20.1 Å². The zero-order valence-electron chi connectivity index (χ0n) is 12.6. The van der Waals surface area contributed by atoms with E-state index in [2.05, 4.69) is 10.4 Å². The number of anilines is 1. The van der Waals surface area contributed by atoms with Crippen LogP contribution in [0.25, 0.3) is 0 Å². The fourth-order valence-corrected chi connectivity index (χ4v) is 3.01. The Bertz CT molecular complexity index is 939. The Hall–Kier alpha value is -1.72. The van der Waals surface area contributed by atoms with Crippen molar-refractivity contribution >= 4 is 58.1 Å². The van der Waals surface area contributed by atoms with Gasteiger partial charge in [0.1, 0.15) is 5.82 Å². The SMILES string of the molecule is O=C(Nc1ccnn1Cc1cccc(Cl)c1Cl)c1cc(Cl)ccc1Cl. The van der Waals surface area contributed by atoms with E-state index < -0.39 is 0 Å². The van der Waals surface area contributed by atoms with Crippen molar-refractivity contribution in [2.45, 2.75) is 6.54 Å². The van der Waals surface area contributed by atoms with Gasteiger partial charge in [0, 0.05) is 11.1 Å². The van der Waals surface area contributed by atoms with Crippen LogP contribution in [0.15, 0.2) is 48.7 Å². The lowest BCUT2D eigenvalue weighted by Gasteiger charge is -2.11. The van der Waals surface area contributed by atoms with Crippen molar-refractivity contribution in [1.82, 2.24) is 9.78 Å². The third-order valence-corrected chi connectivity index (χ3v) is 4.91. The highest BCUT2D eigenvalue weighted by molar-refractivity contribution is 6.42. The number of benzene rings is 2. The predicted molar refractivity (Wildman–Crippen MR) is 102 cm³/mol. The van der Waals surface area contributed by atoms with E-state index in [-0.39, 0.29) is 11.5 Å². The molecule has 128 valence electrons. The second-order valence-corrected chi connectivity index (χ2v) is 6.79. The van der Waals surface area contributed by atoms with Crippen molar-refractivity contribution < 1.29 is 4.79 Å². The van der Waals surface area contributed by atoms with Gasteiger partial charge in [-0.25, -0.2) is 4.68 Å². The first kappa shape index (κ1) is 18.1. The monoisotopic (exact) mass is 413 g/mol. The van der Waals surface area contributed by atoms with Crippen LogP contribution in [0.4, 0.5) is 5.82 Å². The zero-order chi connectivity index (χ0) is 18.0. The molecule has 0 spiro atoms. The number of rotatable bonds is 4. The molecule has 25 heavy (non-hydrogen) atoms. The van der Waals surface area contributed by atoms with Gasteiger partial charge in [0.05, 0.1) is 33.4 Å². The summed E-state index contributed by atoms with van der Waals surface area (Å²) >= 11 is 24.2. The molecule has 0 radical (unpaired) electrons. The normalized spacial score (nSPS) is 10.7. The maximum atomic E-state index is 12.5. The minimum atomic E-state index is -0.383. The maximum absolute atomic E-state index is 12.5. The van der Waals surface area contributed by atoms with Gasteiger partial charge in [-0.15, -0.1) is 0 Å².